The van der Waals surface area contributed by atoms with E-state index in [0.29, 0.717) is 31.2 Å². The van der Waals surface area contributed by atoms with Crippen molar-refractivity contribution in [2.45, 2.75) is 19.0 Å². The SMILES string of the molecule is COCCCNC(=O)N1Cc2ccccc2-n2cccc2[C@@H]1c1ccc(OC)c(OC)c1. The number of para-hydroxylation sites is 1. The van der Waals surface area contributed by atoms with Crippen molar-refractivity contribution < 1.29 is 19.0 Å². The number of nitrogens with zero attached hydrogens (tertiary/aromatic N) is 2. The highest BCUT2D eigenvalue weighted by atomic mass is 16.5. The van der Waals surface area contributed by atoms with Crippen molar-refractivity contribution in [3.05, 3.63) is 77.6 Å². The van der Waals surface area contributed by atoms with E-state index in [2.05, 4.69) is 28.1 Å². The summed E-state index contributed by atoms with van der Waals surface area (Å²) in [6.07, 6.45) is 2.80. The molecular weight excluding hydrogens is 406 g/mol. The second-order valence-electron chi connectivity index (χ2n) is 7.65. The third-order valence-electron chi connectivity index (χ3n) is 5.75. The summed E-state index contributed by atoms with van der Waals surface area (Å²) in [5.74, 6) is 1.28. The molecule has 3 aromatic rings. The summed E-state index contributed by atoms with van der Waals surface area (Å²) in [6.45, 7) is 1.63. The van der Waals surface area contributed by atoms with Crippen molar-refractivity contribution in [2.75, 3.05) is 34.5 Å². The number of methoxy groups -OCH3 is 3. The Labute approximate surface area is 188 Å². The number of ether oxygens (including phenoxy) is 3. The Morgan fingerprint density at radius 2 is 1.84 bits per heavy atom. The van der Waals surface area contributed by atoms with Gasteiger partial charge in [-0.25, -0.2) is 4.79 Å². The van der Waals surface area contributed by atoms with E-state index in [-0.39, 0.29) is 12.1 Å². The Kier molecular flexibility index (Phi) is 6.66. The maximum Gasteiger partial charge on any atom is 0.318 e. The molecule has 1 N–H and O–H groups in total. The number of rotatable bonds is 7. The number of urea groups is 1. The van der Waals surface area contributed by atoms with Gasteiger partial charge in [0.15, 0.2) is 11.5 Å². The van der Waals surface area contributed by atoms with Crippen LogP contribution in [0.2, 0.25) is 0 Å². The van der Waals surface area contributed by atoms with Gasteiger partial charge >= 0.3 is 6.03 Å². The molecule has 1 aliphatic rings. The lowest BCUT2D eigenvalue weighted by atomic mass is 10.0. The molecule has 1 aliphatic heterocycles. The van der Waals surface area contributed by atoms with Crippen LogP contribution < -0.4 is 14.8 Å². The number of hydrogen-bond donors (Lipinski definition) is 1. The molecule has 0 spiro atoms. The zero-order valence-corrected chi connectivity index (χ0v) is 18.7. The molecule has 1 aromatic heterocycles. The minimum atomic E-state index is -0.306. The first-order valence-electron chi connectivity index (χ1n) is 10.7. The first-order chi connectivity index (χ1) is 15.7. The standard InChI is InChI=1S/C25H29N3O4/c1-30-15-7-13-26-25(29)28-17-19-8-4-5-9-20(19)27-14-6-10-21(27)24(28)18-11-12-22(31-2)23(16-18)32-3/h4-6,8-12,14,16,24H,7,13,15,17H2,1-3H3,(H,26,29)/t24-/m0/s1. The molecule has 0 fully saturated rings. The smallest absolute Gasteiger partial charge is 0.318 e. The van der Waals surface area contributed by atoms with Gasteiger partial charge in [0.1, 0.15) is 0 Å². The van der Waals surface area contributed by atoms with Gasteiger partial charge in [-0.1, -0.05) is 24.3 Å². The summed E-state index contributed by atoms with van der Waals surface area (Å²) in [6, 6.07) is 17.7. The van der Waals surface area contributed by atoms with Crippen LogP contribution in [0.1, 0.15) is 29.3 Å². The fourth-order valence-corrected chi connectivity index (χ4v) is 4.23. The van der Waals surface area contributed by atoms with Crippen molar-refractivity contribution in [3.63, 3.8) is 0 Å². The van der Waals surface area contributed by atoms with Crippen LogP contribution in [0.25, 0.3) is 5.69 Å². The van der Waals surface area contributed by atoms with E-state index >= 15 is 0 Å². The van der Waals surface area contributed by atoms with Crippen molar-refractivity contribution in [3.8, 4) is 17.2 Å². The summed E-state index contributed by atoms with van der Waals surface area (Å²) in [7, 11) is 4.90. The summed E-state index contributed by atoms with van der Waals surface area (Å²) in [5, 5.41) is 3.06. The van der Waals surface area contributed by atoms with Crippen LogP contribution in [-0.4, -0.2) is 50.0 Å². The van der Waals surface area contributed by atoms with Crippen LogP contribution >= 0.6 is 0 Å². The Balaban J connectivity index is 1.79. The molecule has 32 heavy (non-hydrogen) atoms. The van der Waals surface area contributed by atoms with Gasteiger partial charge in [0, 0.05) is 32.2 Å². The van der Waals surface area contributed by atoms with E-state index in [1.165, 1.54) is 0 Å². The molecule has 0 unspecified atom stereocenters. The van der Waals surface area contributed by atoms with Gasteiger partial charge in [-0.05, 0) is 47.9 Å². The van der Waals surface area contributed by atoms with E-state index in [9.17, 15) is 4.79 Å². The Morgan fingerprint density at radius 3 is 2.62 bits per heavy atom. The first-order valence-corrected chi connectivity index (χ1v) is 10.7. The second kappa shape index (κ2) is 9.78. The van der Waals surface area contributed by atoms with Crippen molar-refractivity contribution in [2.24, 2.45) is 0 Å². The Hall–Kier alpha value is -3.45. The topological polar surface area (TPSA) is 65.0 Å². The molecule has 4 rings (SSSR count). The van der Waals surface area contributed by atoms with Gasteiger partial charge in [0.25, 0.3) is 0 Å². The maximum absolute atomic E-state index is 13.4. The third kappa shape index (κ3) is 4.16. The number of fused-ring (bicyclic) bond motifs is 3. The number of carbonyl (C=O) groups excluding carboxylic acids is 1. The molecule has 0 radical (unpaired) electrons. The van der Waals surface area contributed by atoms with Crippen LogP contribution in [0.5, 0.6) is 11.5 Å². The number of carbonyl (C=O) groups is 1. The highest BCUT2D eigenvalue weighted by molar-refractivity contribution is 5.76. The molecular formula is C25H29N3O4. The Morgan fingerprint density at radius 1 is 1.03 bits per heavy atom. The number of benzene rings is 2. The normalized spacial score (nSPS) is 14.8. The molecule has 0 aliphatic carbocycles. The summed E-state index contributed by atoms with van der Waals surface area (Å²) >= 11 is 0. The predicted octanol–water partition coefficient (Wildman–Crippen LogP) is 4.15. The van der Waals surface area contributed by atoms with Crippen LogP contribution in [-0.2, 0) is 11.3 Å². The summed E-state index contributed by atoms with van der Waals surface area (Å²) in [5.41, 5.74) is 4.12. The highest BCUT2D eigenvalue weighted by Gasteiger charge is 2.33. The van der Waals surface area contributed by atoms with Crippen molar-refractivity contribution in [1.29, 1.82) is 0 Å². The molecule has 0 bridgehead atoms. The quantitative estimate of drug-likeness (QED) is 0.567. The van der Waals surface area contributed by atoms with Gasteiger partial charge in [-0.15, -0.1) is 0 Å². The van der Waals surface area contributed by atoms with Crippen molar-refractivity contribution in [1.82, 2.24) is 14.8 Å². The van der Waals surface area contributed by atoms with Crippen LogP contribution in [0.15, 0.2) is 60.8 Å². The number of aromatic nitrogens is 1. The molecule has 2 amide bonds. The molecule has 168 valence electrons. The van der Waals surface area contributed by atoms with Gasteiger partial charge in [-0.3, -0.25) is 0 Å². The lowest BCUT2D eigenvalue weighted by molar-refractivity contribution is 0.174. The van der Waals surface area contributed by atoms with E-state index in [4.69, 9.17) is 14.2 Å². The van der Waals surface area contributed by atoms with E-state index in [0.717, 1.165) is 28.9 Å². The largest absolute Gasteiger partial charge is 0.493 e. The second-order valence-corrected chi connectivity index (χ2v) is 7.65. The van der Waals surface area contributed by atoms with Gasteiger partial charge in [0.2, 0.25) is 0 Å². The fourth-order valence-electron chi connectivity index (χ4n) is 4.23. The minimum absolute atomic E-state index is 0.120. The minimum Gasteiger partial charge on any atom is -0.493 e. The zero-order chi connectivity index (χ0) is 22.5. The number of nitrogens with one attached hydrogen (secondary N) is 1. The van der Waals surface area contributed by atoms with Crippen LogP contribution in [0.3, 0.4) is 0 Å². The summed E-state index contributed by atoms with van der Waals surface area (Å²) in [4.78, 5) is 15.3. The van der Waals surface area contributed by atoms with Gasteiger partial charge in [0.05, 0.1) is 32.5 Å². The van der Waals surface area contributed by atoms with E-state index in [1.807, 2.05) is 47.5 Å². The molecule has 2 heterocycles. The molecule has 0 saturated carbocycles. The average Bonchev–Trinajstić information content (AvgIpc) is 3.25. The van der Waals surface area contributed by atoms with Crippen LogP contribution in [0, 0.1) is 0 Å². The first kappa shape index (κ1) is 21.8. The average molecular weight is 436 g/mol. The molecule has 1 atom stereocenters. The summed E-state index contributed by atoms with van der Waals surface area (Å²) < 4.78 is 18.3. The maximum atomic E-state index is 13.4. The molecule has 2 aromatic carbocycles. The lowest BCUT2D eigenvalue weighted by Crippen LogP contribution is -2.42. The zero-order valence-electron chi connectivity index (χ0n) is 18.7. The third-order valence-corrected chi connectivity index (χ3v) is 5.75. The monoisotopic (exact) mass is 435 g/mol. The van der Waals surface area contributed by atoms with Gasteiger partial charge < -0.3 is 29.0 Å². The van der Waals surface area contributed by atoms with E-state index < -0.39 is 0 Å². The molecule has 7 heteroatoms. The van der Waals surface area contributed by atoms with E-state index in [1.54, 1.807) is 21.3 Å². The van der Waals surface area contributed by atoms with Crippen molar-refractivity contribution >= 4 is 6.03 Å². The number of hydrogen-bond acceptors (Lipinski definition) is 4. The highest BCUT2D eigenvalue weighted by Crippen LogP contribution is 2.39. The van der Waals surface area contributed by atoms with Crippen LogP contribution in [0.4, 0.5) is 4.79 Å². The molecule has 0 saturated heterocycles. The molecule has 7 nitrogen and oxygen atoms in total. The lowest BCUT2D eigenvalue weighted by Gasteiger charge is -2.31. The van der Waals surface area contributed by atoms with Gasteiger partial charge in [-0.2, -0.15) is 0 Å². The Bertz CT molecular complexity index is 1080. The predicted molar refractivity (Wildman–Crippen MR) is 123 cm³/mol. The fraction of sp³-hybridized carbons (Fsp3) is 0.320. The number of amides is 2.